The molecule has 0 bridgehead atoms. The topological polar surface area (TPSA) is 64.9 Å². The molecule has 1 aromatic rings. The highest BCUT2D eigenvalue weighted by molar-refractivity contribution is 5.14. The summed E-state index contributed by atoms with van der Waals surface area (Å²) in [6.07, 6.45) is 3.46. The highest BCUT2D eigenvalue weighted by atomic mass is 14.8. The Morgan fingerprint density at radius 2 is 2.18 bits per heavy atom. The Bertz CT molecular complexity index is 208. The summed E-state index contributed by atoms with van der Waals surface area (Å²) < 4.78 is 0. The predicted octanol–water partition coefficient (Wildman–Crippen LogP) is 0.429. The van der Waals surface area contributed by atoms with Crippen molar-refractivity contribution in [3.63, 3.8) is 0 Å². The Balaban J connectivity index is 2.77. The lowest BCUT2D eigenvalue weighted by Crippen LogP contribution is -2.31. The zero-order valence-electron chi connectivity index (χ0n) is 6.57. The summed E-state index contributed by atoms with van der Waals surface area (Å²) in [5.74, 6) is 0. The zero-order chi connectivity index (χ0) is 8.27. The average Bonchev–Trinajstić information content (AvgIpc) is 2.05. The molecule has 0 fully saturated rings. The van der Waals surface area contributed by atoms with Crippen LogP contribution >= 0.6 is 0 Å². The monoisotopic (exact) mass is 151 g/mol. The van der Waals surface area contributed by atoms with Gasteiger partial charge >= 0.3 is 0 Å². The van der Waals surface area contributed by atoms with Crippen molar-refractivity contribution in [1.82, 2.24) is 4.98 Å². The van der Waals surface area contributed by atoms with E-state index in [1.165, 1.54) is 0 Å². The fourth-order valence-corrected chi connectivity index (χ4v) is 0.877. The van der Waals surface area contributed by atoms with Crippen molar-refractivity contribution >= 4 is 0 Å². The molecule has 0 aliphatic heterocycles. The van der Waals surface area contributed by atoms with Gasteiger partial charge in [-0.15, -0.1) is 0 Å². The van der Waals surface area contributed by atoms with E-state index in [4.69, 9.17) is 11.5 Å². The lowest BCUT2D eigenvalue weighted by atomic mass is 10.0. The third kappa shape index (κ3) is 2.00. The van der Waals surface area contributed by atoms with E-state index < -0.39 is 0 Å². The predicted molar refractivity (Wildman–Crippen MR) is 44.8 cm³/mol. The van der Waals surface area contributed by atoms with Crippen molar-refractivity contribution in [3.8, 4) is 0 Å². The number of nitrogens with two attached hydrogens (primary N) is 2. The SMILES string of the molecule is CC(N)C(N)c1cccnc1. The Kier molecular flexibility index (Phi) is 2.57. The molecule has 0 saturated carbocycles. The third-order valence-corrected chi connectivity index (χ3v) is 1.64. The van der Waals surface area contributed by atoms with Gasteiger partial charge in [-0.2, -0.15) is 0 Å². The third-order valence-electron chi connectivity index (χ3n) is 1.64. The maximum absolute atomic E-state index is 5.77. The molecule has 0 spiro atoms. The smallest absolute Gasteiger partial charge is 0.0461 e. The second kappa shape index (κ2) is 3.46. The van der Waals surface area contributed by atoms with E-state index in [1.54, 1.807) is 12.4 Å². The van der Waals surface area contributed by atoms with Crippen molar-refractivity contribution in [1.29, 1.82) is 0 Å². The lowest BCUT2D eigenvalue weighted by Gasteiger charge is -2.14. The van der Waals surface area contributed by atoms with Crippen LogP contribution in [0.5, 0.6) is 0 Å². The molecule has 0 aliphatic rings. The first-order valence-corrected chi connectivity index (χ1v) is 3.63. The number of pyridine rings is 1. The number of hydrogen-bond acceptors (Lipinski definition) is 3. The summed E-state index contributed by atoms with van der Waals surface area (Å²) in [4.78, 5) is 3.95. The minimum absolute atomic E-state index is 0.0285. The molecular formula is C8H13N3. The molecule has 1 heterocycles. The van der Waals surface area contributed by atoms with Gasteiger partial charge in [-0.25, -0.2) is 0 Å². The molecule has 1 rings (SSSR count). The fourth-order valence-electron chi connectivity index (χ4n) is 0.877. The fraction of sp³-hybridized carbons (Fsp3) is 0.375. The highest BCUT2D eigenvalue weighted by Crippen LogP contribution is 2.09. The van der Waals surface area contributed by atoms with E-state index in [1.807, 2.05) is 19.1 Å². The molecule has 0 aliphatic carbocycles. The van der Waals surface area contributed by atoms with Gasteiger partial charge in [0.2, 0.25) is 0 Å². The van der Waals surface area contributed by atoms with Crippen LogP contribution in [-0.4, -0.2) is 11.0 Å². The van der Waals surface area contributed by atoms with E-state index in [2.05, 4.69) is 4.98 Å². The molecule has 2 unspecified atom stereocenters. The summed E-state index contributed by atoms with van der Waals surface area (Å²) in [7, 11) is 0. The van der Waals surface area contributed by atoms with Crippen molar-refractivity contribution in [3.05, 3.63) is 30.1 Å². The van der Waals surface area contributed by atoms with E-state index in [0.717, 1.165) is 5.56 Å². The van der Waals surface area contributed by atoms with Crippen molar-refractivity contribution in [2.24, 2.45) is 11.5 Å². The van der Waals surface area contributed by atoms with Crippen LogP contribution in [0.1, 0.15) is 18.5 Å². The molecule has 0 saturated heterocycles. The largest absolute Gasteiger partial charge is 0.326 e. The first-order chi connectivity index (χ1) is 5.22. The Morgan fingerprint density at radius 1 is 1.45 bits per heavy atom. The Hall–Kier alpha value is -0.930. The van der Waals surface area contributed by atoms with E-state index in [9.17, 15) is 0 Å². The molecular weight excluding hydrogens is 138 g/mol. The van der Waals surface area contributed by atoms with Crippen LogP contribution in [0, 0.1) is 0 Å². The molecule has 1 aromatic heterocycles. The molecule has 11 heavy (non-hydrogen) atoms. The van der Waals surface area contributed by atoms with Crippen molar-refractivity contribution in [2.75, 3.05) is 0 Å². The number of aromatic nitrogens is 1. The minimum atomic E-state index is -0.108. The normalized spacial score (nSPS) is 15.9. The van der Waals surface area contributed by atoms with Crippen LogP contribution in [0.3, 0.4) is 0 Å². The first-order valence-electron chi connectivity index (χ1n) is 3.63. The number of hydrogen-bond donors (Lipinski definition) is 2. The lowest BCUT2D eigenvalue weighted by molar-refractivity contribution is 0.587. The molecule has 0 amide bonds. The van der Waals surface area contributed by atoms with Crippen LogP contribution in [0.15, 0.2) is 24.5 Å². The summed E-state index contributed by atoms with van der Waals surface area (Å²) in [6.45, 7) is 1.89. The maximum atomic E-state index is 5.77. The van der Waals surface area contributed by atoms with Crippen LogP contribution in [0.4, 0.5) is 0 Å². The molecule has 0 aromatic carbocycles. The van der Waals surface area contributed by atoms with Crippen LogP contribution in [0.25, 0.3) is 0 Å². The summed E-state index contributed by atoms with van der Waals surface area (Å²) in [6, 6.07) is 3.65. The van der Waals surface area contributed by atoms with E-state index in [0.29, 0.717) is 0 Å². The van der Waals surface area contributed by atoms with Crippen LogP contribution in [-0.2, 0) is 0 Å². The van der Waals surface area contributed by atoms with Gasteiger partial charge in [0.15, 0.2) is 0 Å². The van der Waals surface area contributed by atoms with Gasteiger partial charge in [-0.3, -0.25) is 4.98 Å². The first kappa shape index (κ1) is 8.17. The Morgan fingerprint density at radius 3 is 2.64 bits per heavy atom. The minimum Gasteiger partial charge on any atom is -0.326 e. The molecule has 3 heteroatoms. The van der Waals surface area contributed by atoms with Gasteiger partial charge in [0, 0.05) is 24.5 Å². The maximum Gasteiger partial charge on any atom is 0.0461 e. The molecule has 0 radical (unpaired) electrons. The van der Waals surface area contributed by atoms with Crippen molar-refractivity contribution in [2.45, 2.75) is 19.0 Å². The van der Waals surface area contributed by atoms with Crippen molar-refractivity contribution < 1.29 is 0 Å². The molecule has 3 nitrogen and oxygen atoms in total. The number of rotatable bonds is 2. The van der Waals surface area contributed by atoms with Crippen LogP contribution in [0.2, 0.25) is 0 Å². The standard InChI is InChI=1S/C8H13N3/c1-6(9)8(10)7-3-2-4-11-5-7/h2-6,8H,9-10H2,1H3. The summed E-state index contributed by atoms with van der Waals surface area (Å²) in [5, 5.41) is 0. The summed E-state index contributed by atoms with van der Waals surface area (Å²) >= 11 is 0. The van der Waals surface area contributed by atoms with E-state index in [-0.39, 0.29) is 12.1 Å². The zero-order valence-corrected chi connectivity index (χ0v) is 6.57. The van der Waals surface area contributed by atoms with Gasteiger partial charge in [-0.1, -0.05) is 6.07 Å². The molecule has 2 atom stereocenters. The van der Waals surface area contributed by atoms with Gasteiger partial charge in [0.1, 0.15) is 0 Å². The van der Waals surface area contributed by atoms with Gasteiger partial charge in [0.25, 0.3) is 0 Å². The van der Waals surface area contributed by atoms with Gasteiger partial charge < -0.3 is 11.5 Å². The van der Waals surface area contributed by atoms with Gasteiger partial charge in [-0.05, 0) is 18.6 Å². The molecule has 60 valence electrons. The molecule has 4 N–H and O–H groups in total. The quantitative estimate of drug-likeness (QED) is 0.644. The van der Waals surface area contributed by atoms with E-state index >= 15 is 0 Å². The highest BCUT2D eigenvalue weighted by Gasteiger charge is 2.09. The number of nitrogens with zero attached hydrogens (tertiary/aromatic N) is 1. The average molecular weight is 151 g/mol. The summed E-state index contributed by atoms with van der Waals surface area (Å²) in [5.41, 5.74) is 12.4. The second-order valence-electron chi connectivity index (χ2n) is 2.67. The van der Waals surface area contributed by atoms with Crippen LogP contribution < -0.4 is 11.5 Å². The Labute approximate surface area is 66.4 Å². The second-order valence-corrected chi connectivity index (χ2v) is 2.67. The van der Waals surface area contributed by atoms with Gasteiger partial charge in [0.05, 0.1) is 0 Å².